The second-order valence-corrected chi connectivity index (χ2v) is 12.6. The number of fused-ring (bicyclic) bond motifs is 2. The molecule has 2 heterocycles. The van der Waals surface area contributed by atoms with E-state index in [0.717, 1.165) is 36.0 Å². The molecule has 11 heteroatoms. The summed E-state index contributed by atoms with van der Waals surface area (Å²) >= 11 is 0. The van der Waals surface area contributed by atoms with Crippen molar-refractivity contribution in [3.05, 3.63) is 77.9 Å². The molecule has 1 aliphatic carbocycles. The Balaban J connectivity index is 1.25. The maximum atomic E-state index is 15.5. The molecule has 2 aliphatic rings. The number of hydrogen-bond donors (Lipinski definition) is 2. The number of carbonyl (C=O) groups excluding carboxylic acids is 1. The lowest BCUT2D eigenvalue weighted by atomic mass is 9.90. The second kappa shape index (κ2) is 13.4. The summed E-state index contributed by atoms with van der Waals surface area (Å²) in [5.74, 6) is -1.22. The third-order valence-corrected chi connectivity index (χ3v) is 8.56. The molecule has 248 valence electrons. The van der Waals surface area contributed by atoms with Crippen LogP contribution in [0.4, 0.5) is 18.9 Å². The monoisotopic (exact) mass is 641 g/mol. The lowest BCUT2D eigenvalue weighted by molar-refractivity contribution is -0.286. The fourth-order valence-electron chi connectivity index (χ4n) is 5.79. The maximum Gasteiger partial charge on any atom is 0.586 e. The Labute approximate surface area is 267 Å². The van der Waals surface area contributed by atoms with E-state index < -0.39 is 28.8 Å². The number of benzene rings is 2. The molecule has 0 radical (unpaired) electrons. The molecule has 1 fully saturated rings. The van der Waals surface area contributed by atoms with Crippen LogP contribution in [0.2, 0.25) is 0 Å². The number of hydrogen-bond acceptors (Lipinski definition) is 6. The van der Waals surface area contributed by atoms with Crippen molar-refractivity contribution in [2.24, 2.45) is 5.73 Å². The minimum Gasteiger partial charge on any atom is -0.400 e. The van der Waals surface area contributed by atoms with Gasteiger partial charge in [0, 0.05) is 48.0 Å². The molecule has 0 spiro atoms. The first-order valence-electron chi connectivity index (χ1n) is 15.6. The number of nitrogens with two attached hydrogens (primary N) is 1. The fraction of sp³-hybridized carbons (Fsp3) is 0.457. The molecule has 0 saturated heterocycles. The summed E-state index contributed by atoms with van der Waals surface area (Å²) in [5.41, 5.74) is 7.28. The van der Waals surface area contributed by atoms with E-state index >= 15 is 4.39 Å². The summed E-state index contributed by atoms with van der Waals surface area (Å²) in [4.78, 5) is 13.5. The van der Waals surface area contributed by atoms with Crippen LogP contribution in [0.5, 0.6) is 11.5 Å². The number of nitrogens with one attached hydrogen (secondary N) is 1. The third-order valence-electron chi connectivity index (χ3n) is 8.56. The van der Waals surface area contributed by atoms with Crippen molar-refractivity contribution in [2.45, 2.75) is 76.5 Å². The highest BCUT2D eigenvalue weighted by Crippen LogP contribution is 2.52. The normalized spacial score (nSPS) is 16.5. The van der Waals surface area contributed by atoms with Gasteiger partial charge in [0.05, 0.1) is 29.8 Å². The van der Waals surface area contributed by atoms with E-state index in [1.807, 2.05) is 23.6 Å². The van der Waals surface area contributed by atoms with E-state index in [1.54, 1.807) is 18.2 Å². The van der Waals surface area contributed by atoms with Crippen LogP contribution in [-0.2, 0) is 31.6 Å². The van der Waals surface area contributed by atoms with Crippen LogP contribution in [0.15, 0.2) is 60.8 Å². The Morgan fingerprint density at radius 2 is 1.80 bits per heavy atom. The molecule has 1 saturated carbocycles. The number of carbonyl (C=O) groups is 1. The highest BCUT2D eigenvalue weighted by Gasteiger charge is 2.53. The van der Waals surface area contributed by atoms with Crippen LogP contribution in [0.25, 0.3) is 10.9 Å². The van der Waals surface area contributed by atoms with E-state index in [0.29, 0.717) is 56.9 Å². The molecule has 1 aliphatic heterocycles. The van der Waals surface area contributed by atoms with E-state index in [9.17, 15) is 13.6 Å². The summed E-state index contributed by atoms with van der Waals surface area (Å²) in [6.45, 7) is 12.6. The minimum atomic E-state index is -3.75. The average molecular weight is 642 g/mol. The standard InChI is InChI=1S/C35H42F3N3O5/c1-5-14-41-28-20-26(36)27(40-32(42)34(12-13-34)24-10-11-29-30(19-24)46-35(37,38)45-29)17-23(28)18-31(41)33(3,4)22-44-16-9-7-8-15-43-21-25(39)6-2/h5-6,10-11,17-20H,1,7-9,12-16,21-22,39H2,2-4H3,(H,40,42)/b25-6-. The number of ether oxygens (including phenoxy) is 4. The van der Waals surface area contributed by atoms with Crippen molar-refractivity contribution in [3.8, 4) is 11.5 Å². The molecule has 46 heavy (non-hydrogen) atoms. The number of amides is 1. The van der Waals surface area contributed by atoms with E-state index in [2.05, 4.69) is 35.2 Å². The second-order valence-electron chi connectivity index (χ2n) is 12.6. The van der Waals surface area contributed by atoms with E-state index in [1.165, 1.54) is 18.2 Å². The SMILES string of the molecule is C=CCn1c(C(C)(C)COCCCCCOC/C(N)=C/C)cc2cc(NC(=O)C3(c4ccc5c(c4)OC(F)(F)O5)CC3)c(F)cc21. The first kappa shape index (κ1) is 33.4. The predicted octanol–water partition coefficient (Wildman–Crippen LogP) is 7.30. The Morgan fingerprint density at radius 3 is 2.50 bits per heavy atom. The van der Waals surface area contributed by atoms with Gasteiger partial charge in [-0.05, 0) is 68.9 Å². The number of allylic oxidation sites excluding steroid dienone is 2. The van der Waals surface area contributed by atoms with Gasteiger partial charge in [-0.2, -0.15) is 0 Å². The van der Waals surface area contributed by atoms with Crippen molar-refractivity contribution >= 4 is 22.5 Å². The Morgan fingerprint density at radius 1 is 1.09 bits per heavy atom. The van der Waals surface area contributed by atoms with Gasteiger partial charge in [0.1, 0.15) is 5.82 Å². The van der Waals surface area contributed by atoms with Gasteiger partial charge in [0.2, 0.25) is 5.91 Å². The summed E-state index contributed by atoms with van der Waals surface area (Å²) in [7, 11) is 0. The van der Waals surface area contributed by atoms with Gasteiger partial charge in [0.25, 0.3) is 0 Å². The van der Waals surface area contributed by atoms with E-state index in [4.69, 9.17) is 15.2 Å². The first-order valence-corrected chi connectivity index (χ1v) is 15.6. The van der Waals surface area contributed by atoms with Gasteiger partial charge in [-0.1, -0.05) is 32.1 Å². The number of halogens is 3. The summed E-state index contributed by atoms with van der Waals surface area (Å²) in [6, 6.07) is 9.37. The molecule has 8 nitrogen and oxygen atoms in total. The van der Waals surface area contributed by atoms with E-state index in [-0.39, 0.29) is 17.2 Å². The van der Waals surface area contributed by atoms with Crippen molar-refractivity contribution in [3.63, 3.8) is 0 Å². The summed E-state index contributed by atoms with van der Waals surface area (Å²) in [5, 5.41) is 3.52. The number of unbranched alkanes of at least 4 members (excludes halogenated alkanes) is 2. The molecular formula is C35H42F3N3O5. The van der Waals surface area contributed by atoms with Gasteiger partial charge in [0.15, 0.2) is 11.5 Å². The van der Waals surface area contributed by atoms with Crippen LogP contribution in [0.1, 0.15) is 64.1 Å². The van der Waals surface area contributed by atoms with Gasteiger partial charge >= 0.3 is 6.29 Å². The van der Waals surface area contributed by atoms with Crippen LogP contribution in [0, 0.1) is 5.82 Å². The number of anilines is 1. The van der Waals surface area contributed by atoms with Gasteiger partial charge in [-0.15, -0.1) is 15.4 Å². The molecule has 1 aromatic heterocycles. The van der Waals surface area contributed by atoms with Gasteiger partial charge in [-0.3, -0.25) is 4.79 Å². The van der Waals surface area contributed by atoms with Crippen molar-refractivity contribution in [1.82, 2.24) is 4.57 Å². The number of nitrogens with zero attached hydrogens (tertiary/aromatic N) is 1. The first-order chi connectivity index (χ1) is 21.9. The molecule has 0 bridgehead atoms. The Hall–Kier alpha value is -3.96. The van der Waals surface area contributed by atoms with Crippen molar-refractivity contribution in [2.75, 3.05) is 31.7 Å². The quantitative estimate of drug-likeness (QED) is 0.126. The zero-order chi connectivity index (χ0) is 33.1. The van der Waals surface area contributed by atoms with Crippen molar-refractivity contribution < 1.29 is 36.9 Å². The van der Waals surface area contributed by atoms with Gasteiger partial charge in [-0.25, -0.2) is 4.39 Å². The molecule has 1 amide bonds. The lowest BCUT2D eigenvalue weighted by Gasteiger charge is -2.26. The molecule has 3 N–H and O–H groups in total. The van der Waals surface area contributed by atoms with Crippen LogP contribution in [0.3, 0.4) is 0 Å². The van der Waals surface area contributed by atoms with Crippen molar-refractivity contribution in [1.29, 1.82) is 0 Å². The lowest BCUT2D eigenvalue weighted by Crippen LogP contribution is -2.28. The van der Waals surface area contributed by atoms with Crippen LogP contribution < -0.4 is 20.5 Å². The molecule has 0 atom stereocenters. The predicted molar refractivity (Wildman–Crippen MR) is 171 cm³/mol. The smallest absolute Gasteiger partial charge is 0.400 e. The highest BCUT2D eigenvalue weighted by molar-refractivity contribution is 6.03. The van der Waals surface area contributed by atoms with Crippen LogP contribution in [-0.4, -0.2) is 43.2 Å². The Kier molecular flexibility index (Phi) is 9.74. The molecule has 3 aromatic rings. The minimum absolute atomic E-state index is 0.0461. The fourth-order valence-corrected chi connectivity index (χ4v) is 5.79. The number of alkyl halides is 2. The molecule has 2 aromatic carbocycles. The average Bonchev–Trinajstić information content (AvgIpc) is 3.66. The van der Waals surface area contributed by atoms with Gasteiger partial charge < -0.3 is 34.6 Å². The maximum absolute atomic E-state index is 15.5. The molecular weight excluding hydrogens is 599 g/mol. The number of aromatic nitrogens is 1. The number of rotatable bonds is 16. The largest absolute Gasteiger partial charge is 0.586 e. The molecule has 5 rings (SSSR count). The summed E-state index contributed by atoms with van der Waals surface area (Å²) in [6.07, 6.45) is 3.64. The topological polar surface area (TPSA) is 97.0 Å². The zero-order valence-electron chi connectivity index (χ0n) is 26.6. The van der Waals surface area contributed by atoms with Crippen LogP contribution >= 0.6 is 0 Å². The zero-order valence-corrected chi connectivity index (χ0v) is 26.6. The third kappa shape index (κ3) is 7.20. The highest BCUT2D eigenvalue weighted by atomic mass is 19.3. The molecule has 0 unspecified atom stereocenters. The Bertz CT molecular complexity index is 1630. The summed E-state index contributed by atoms with van der Waals surface area (Å²) < 4.78 is 65.3.